The Morgan fingerprint density at radius 2 is 1.77 bits per heavy atom. The molecule has 0 saturated heterocycles. The zero-order chi connectivity index (χ0) is 18.7. The second-order valence-electron chi connectivity index (χ2n) is 5.22. The van der Waals surface area contributed by atoms with Crippen molar-refractivity contribution in [3.05, 3.63) is 48.7 Å². The maximum absolute atomic E-state index is 11.0. The first-order chi connectivity index (χ1) is 12.4. The largest absolute Gasteiger partial charge is 0.493 e. The molecule has 0 aliphatic rings. The maximum atomic E-state index is 11.0. The fourth-order valence-electron chi connectivity index (χ4n) is 2.37. The minimum Gasteiger partial charge on any atom is -0.493 e. The van der Waals surface area contributed by atoms with Gasteiger partial charge in [0.25, 0.3) is 0 Å². The van der Waals surface area contributed by atoms with Crippen LogP contribution in [0.1, 0.15) is 0 Å². The third kappa shape index (κ3) is 3.95. The Morgan fingerprint density at radius 1 is 1.04 bits per heavy atom. The van der Waals surface area contributed by atoms with Crippen molar-refractivity contribution in [1.82, 2.24) is 4.98 Å². The first kappa shape index (κ1) is 17.8. The molecule has 0 spiro atoms. The molecule has 1 aromatic heterocycles. The number of hydrogen-bond acceptors (Lipinski definition) is 7. The predicted octanol–water partition coefficient (Wildman–Crippen LogP) is 3.26. The summed E-state index contributed by atoms with van der Waals surface area (Å²) < 4.78 is 46.5. The molecule has 0 bridgehead atoms. The highest BCUT2D eigenvalue weighted by molar-refractivity contribution is 7.81. The van der Waals surface area contributed by atoms with Crippen LogP contribution < -0.4 is 19.0 Å². The van der Waals surface area contributed by atoms with Crippen LogP contribution in [0.3, 0.4) is 0 Å². The highest BCUT2D eigenvalue weighted by Gasteiger charge is 2.16. The predicted molar refractivity (Wildman–Crippen MR) is 96.5 cm³/mol. The first-order valence-corrected chi connectivity index (χ1v) is 8.85. The number of rotatable bonds is 6. The number of ether oxygens (including phenoxy) is 2. The molecule has 3 aromatic rings. The molecule has 26 heavy (non-hydrogen) atoms. The molecule has 0 aliphatic carbocycles. The van der Waals surface area contributed by atoms with Crippen LogP contribution in [0.25, 0.3) is 10.9 Å². The molecule has 1 heterocycles. The van der Waals surface area contributed by atoms with Crippen molar-refractivity contribution in [3.63, 3.8) is 0 Å². The van der Waals surface area contributed by atoms with Gasteiger partial charge in [-0.05, 0) is 36.4 Å². The molecule has 136 valence electrons. The fourth-order valence-corrected chi connectivity index (χ4v) is 2.73. The fraction of sp³-hybridized carbons (Fsp3) is 0.118. The topological polar surface area (TPSA) is 107 Å². The van der Waals surface area contributed by atoms with E-state index < -0.39 is 10.4 Å². The third-order valence-corrected chi connectivity index (χ3v) is 3.94. The zero-order valence-corrected chi connectivity index (χ0v) is 14.8. The SMILES string of the molecule is CNc1ccc(Oc2ccnc3cc(OS(=O)(=O)O)c(OC)cc23)cc1. The van der Waals surface area contributed by atoms with Crippen molar-refractivity contribution in [1.29, 1.82) is 0 Å². The van der Waals surface area contributed by atoms with Gasteiger partial charge in [-0.25, -0.2) is 0 Å². The summed E-state index contributed by atoms with van der Waals surface area (Å²) in [6.07, 6.45) is 1.52. The molecule has 8 nitrogen and oxygen atoms in total. The lowest BCUT2D eigenvalue weighted by Crippen LogP contribution is -2.07. The third-order valence-electron chi connectivity index (χ3n) is 3.55. The lowest BCUT2D eigenvalue weighted by atomic mass is 10.2. The number of nitrogens with zero attached hydrogens (tertiary/aromatic N) is 1. The van der Waals surface area contributed by atoms with E-state index in [1.54, 1.807) is 6.07 Å². The Kier molecular flexibility index (Phi) is 4.83. The molecule has 2 N–H and O–H groups in total. The normalized spacial score (nSPS) is 11.2. The molecule has 0 aliphatic heterocycles. The van der Waals surface area contributed by atoms with Gasteiger partial charge < -0.3 is 19.0 Å². The smallest absolute Gasteiger partial charge is 0.446 e. The van der Waals surface area contributed by atoms with Gasteiger partial charge in [-0.2, -0.15) is 8.42 Å². The number of methoxy groups -OCH3 is 1. The Labute approximate surface area is 150 Å². The Hall–Kier alpha value is -3.04. The molecule has 0 fully saturated rings. The van der Waals surface area contributed by atoms with Crippen LogP contribution in [0.5, 0.6) is 23.0 Å². The van der Waals surface area contributed by atoms with E-state index in [0.717, 1.165) is 5.69 Å². The minimum atomic E-state index is -4.69. The summed E-state index contributed by atoms with van der Waals surface area (Å²) in [5, 5.41) is 3.61. The summed E-state index contributed by atoms with van der Waals surface area (Å²) in [5.74, 6) is 1.06. The lowest BCUT2D eigenvalue weighted by molar-refractivity contribution is 0.360. The maximum Gasteiger partial charge on any atom is 0.446 e. The minimum absolute atomic E-state index is 0.110. The van der Waals surface area contributed by atoms with Crippen LogP contribution in [0.15, 0.2) is 48.7 Å². The van der Waals surface area contributed by atoms with Crippen LogP contribution >= 0.6 is 0 Å². The van der Waals surface area contributed by atoms with E-state index >= 15 is 0 Å². The monoisotopic (exact) mass is 376 g/mol. The van der Waals surface area contributed by atoms with Gasteiger partial charge in [0.05, 0.1) is 12.6 Å². The summed E-state index contributed by atoms with van der Waals surface area (Å²) in [5.41, 5.74) is 1.36. The molecule has 0 unspecified atom stereocenters. The van der Waals surface area contributed by atoms with E-state index in [1.165, 1.54) is 25.4 Å². The quantitative estimate of drug-likeness (QED) is 0.631. The number of fused-ring (bicyclic) bond motifs is 1. The van der Waals surface area contributed by atoms with E-state index in [2.05, 4.69) is 14.5 Å². The standard InChI is InChI=1S/C17H16N2O6S/c1-18-11-3-5-12(6-4-11)24-15-7-8-19-14-10-17(25-26(20,21)22)16(23-2)9-13(14)15/h3-10,18H,1-2H3,(H,20,21,22). The number of aromatic nitrogens is 1. The van der Waals surface area contributed by atoms with Crippen LogP contribution in [0, 0.1) is 0 Å². The summed E-state index contributed by atoms with van der Waals surface area (Å²) in [7, 11) is -1.51. The van der Waals surface area contributed by atoms with Crippen molar-refractivity contribution in [2.75, 3.05) is 19.5 Å². The van der Waals surface area contributed by atoms with Gasteiger partial charge >= 0.3 is 10.4 Å². The van der Waals surface area contributed by atoms with Crippen LogP contribution in [0.4, 0.5) is 5.69 Å². The molecule has 0 atom stereocenters. The lowest BCUT2D eigenvalue weighted by Gasteiger charge is -2.12. The summed E-state index contributed by atoms with van der Waals surface area (Å²) in [4.78, 5) is 4.17. The average Bonchev–Trinajstić information content (AvgIpc) is 2.61. The van der Waals surface area contributed by atoms with Crippen LogP contribution in [-0.2, 0) is 10.4 Å². The van der Waals surface area contributed by atoms with E-state index in [-0.39, 0.29) is 11.5 Å². The van der Waals surface area contributed by atoms with Gasteiger partial charge in [0, 0.05) is 30.4 Å². The molecule has 9 heteroatoms. The molecular weight excluding hydrogens is 360 g/mol. The molecule has 0 radical (unpaired) electrons. The second-order valence-corrected chi connectivity index (χ2v) is 6.24. The van der Waals surface area contributed by atoms with Gasteiger partial charge in [0.2, 0.25) is 0 Å². The average molecular weight is 376 g/mol. The number of hydrogen-bond donors (Lipinski definition) is 2. The van der Waals surface area contributed by atoms with Gasteiger partial charge in [0.15, 0.2) is 11.5 Å². The van der Waals surface area contributed by atoms with E-state index in [9.17, 15) is 8.42 Å². The molecule has 3 rings (SSSR count). The molecule has 0 saturated carbocycles. The van der Waals surface area contributed by atoms with Gasteiger partial charge in [-0.3, -0.25) is 9.54 Å². The Balaban J connectivity index is 2.03. The van der Waals surface area contributed by atoms with Gasteiger partial charge in [-0.1, -0.05) is 0 Å². The zero-order valence-electron chi connectivity index (χ0n) is 14.0. The summed E-state index contributed by atoms with van der Waals surface area (Å²) in [6.45, 7) is 0. The number of pyridine rings is 1. The van der Waals surface area contributed by atoms with E-state index in [1.807, 2.05) is 31.3 Å². The number of benzene rings is 2. The highest BCUT2D eigenvalue weighted by Crippen LogP contribution is 2.37. The number of anilines is 1. The summed E-state index contributed by atoms with van der Waals surface area (Å²) in [6, 6.07) is 11.9. The second kappa shape index (κ2) is 7.06. The Bertz CT molecular complexity index is 1040. The first-order valence-electron chi connectivity index (χ1n) is 7.49. The van der Waals surface area contributed by atoms with Gasteiger partial charge in [-0.15, -0.1) is 0 Å². The van der Waals surface area contributed by atoms with Gasteiger partial charge in [0.1, 0.15) is 11.5 Å². The van der Waals surface area contributed by atoms with Crippen molar-refractivity contribution in [3.8, 4) is 23.0 Å². The molecular formula is C17H16N2O6S. The number of nitrogens with one attached hydrogen (secondary N) is 1. The van der Waals surface area contributed by atoms with Crippen LogP contribution in [-0.4, -0.2) is 32.1 Å². The van der Waals surface area contributed by atoms with Crippen LogP contribution in [0.2, 0.25) is 0 Å². The summed E-state index contributed by atoms with van der Waals surface area (Å²) >= 11 is 0. The van der Waals surface area contributed by atoms with Crippen molar-refractivity contribution < 1.29 is 26.6 Å². The van der Waals surface area contributed by atoms with E-state index in [0.29, 0.717) is 22.4 Å². The van der Waals surface area contributed by atoms with Crippen molar-refractivity contribution in [2.24, 2.45) is 0 Å². The van der Waals surface area contributed by atoms with E-state index in [4.69, 9.17) is 14.0 Å². The van der Waals surface area contributed by atoms with Crippen molar-refractivity contribution >= 4 is 27.0 Å². The Morgan fingerprint density at radius 3 is 2.38 bits per heavy atom. The van der Waals surface area contributed by atoms with Crippen molar-refractivity contribution in [2.45, 2.75) is 0 Å². The highest BCUT2D eigenvalue weighted by atomic mass is 32.3. The molecule has 2 aromatic carbocycles. The molecule has 0 amide bonds.